The van der Waals surface area contributed by atoms with Crippen LogP contribution in [0.3, 0.4) is 0 Å². The molecule has 1 aromatic heterocycles. The first-order chi connectivity index (χ1) is 9.97. The van der Waals surface area contributed by atoms with Crippen molar-refractivity contribution in [3.63, 3.8) is 0 Å². The number of hydrogen-bond acceptors (Lipinski definition) is 3. The lowest BCUT2D eigenvalue weighted by Gasteiger charge is -2.13. The van der Waals surface area contributed by atoms with Gasteiger partial charge in [-0.15, -0.1) is 0 Å². The lowest BCUT2D eigenvalue weighted by atomic mass is 9.99. The van der Waals surface area contributed by atoms with Crippen molar-refractivity contribution in [1.29, 1.82) is 0 Å². The third-order valence-electron chi connectivity index (χ3n) is 3.48. The van der Waals surface area contributed by atoms with Gasteiger partial charge in [0.05, 0.1) is 16.6 Å². The van der Waals surface area contributed by atoms with Crippen molar-refractivity contribution < 1.29 is 4.42 Å². The lowest BCUT2D eigenvalue weighted by molar-refractivity contribution is 0.527. The van der Waals surface area contributed by atoms with E-state index in [0.29, 0.717) is 10.6 Å². The molecule has 0 aliphatic heterocycles. The van der Waals surface area contributed by atoms with E-state index in [0.717, 1.165) is 21.1 Å². The smallest absolute Gasteiger partial charge is 0.408 e. The number of halogens is 2. The molecule has 3 rings (SSSR count). The van der Waals surface area contributed by atoms with Crippen LogP contribution in [-0.4, -0.2) is 4.57 Å². The van der Waals surface area contributed by atoms with E-state index < -0.39 is 0 Å². The van der Waals surface area contributed by atoms with Crippen LogP contribution in [0.15, 0.2) is 50.1 Å². The van der Waals surface area contributed by atoms with Crippen LogP contribution < -0.4 is 11.5 Å². The number of rotatable bonds is 2. The van der Waals surface area contributed by atoms with Crippen LogP contribution in [0.1, 0.15) is 17.2 Å². The average molecular weight is 368 g/mol. The van der Waals surface area contributed by atoms with Gasteiger partial charge in [-0.3, -0.25) is 4.57 Å². The first-order valence-electron chi connectivity index (χ1n) is 6.27. The summed E-state index contributed by atoms with van der Waals surface area (Å²) in [6.07, 6.45) is 0. The summed E-state index contributed by atoms with van der Waals surface area (Å²) in [4.78, 5) is 11.5. The normalized spacial score (nSPS) is 12.8. The molecule has 4 nitrogen and oxygen atoms in total. The maximum atomic E-state index is 11.5. The predicted octanol–water partition coefficient (Wildman–Crippen LogP) is 3.60. The van der Waals surface area contributed by atoms with E-state index in [9.17, 15) is 4.79 Å². The Kier molecular flexibility index (Phi) is 3.65. The molecule has 108 valence electrons. The highest BCUT2D eigenvalue weighted by Gasteiger charge is 2.13. The molecular formula is C15H12BrClN2O2. The molecule has 21 heavy (non-hydrogen) atoms. The topological polar surface area (TPSA) is 61.2 Å². The zero-order valence-electron chi connectivity index (χ0n) is 11.1. The van der Waals surface area contributed by atoms with Crippen molar-refractivity contribution in [3.05, 3.63) is 67.6 Å². The molecule has 0 saturated heterocycles. The van der Waals surface area contributed by atoms with Crippen LogP contribution >= 0.6 is 27.5 Å². The van der Waals surface area contributed by atoms with Crippen LogP contribution in [0, 0.1) is 0 Å². The Balaban J connectivity index is 2.06. The molecule has 1 heterocycles. The molecule has 1 unspecified atom stereocenters. The van der Waals surface area contributed by atoms with Gasteiger partial charge in [0.2, 0.25) is 0 Å². The van der Waals surface area contributed by atoms with Gasteiger partial charge >= 0.3 is 5.76 Å². The van der Waals surface area contributed by atoms with E-state index >= 15 is 0 Å². The maximum Gasteiger partial charge on any atom is 0.419 e. The zero-order chi connectivity index (χ0) is 15.1. The largest absolute Gasteiger partial charge is 0.419 e. The number of oxazole rings is 1. The van der Waals surface area contributed by atoms with Crippen LogP contribution in [-0.2, 0) is 7.05 Å². The number of aromatic nitrogens is 1. The van der Waals surface area contributed by atoms with Crippen molar-refractivity contribution in [3.8, 4) is 0 Å². The summed E-state index contributed by atoms with van der Waals surface area (Å²) in [7, 11) is 1.67. The highest BCUT2D eigenvalue weighted by atomic mass is 79.9. The first kappa shape index (κ1) is 14.4. The second kappa shape index (κ2) is 5.33. The molecule has 0 radical (unpaired) electrons. The van der Waals surface area contributed by atoms with Crippen molar-refractivity contribution in [2.24, 2.45) is 12.8 Å². The molecule has 6 heteroatoms. The van der Waals surface area contributed by atoms with Gasteiger partial charge < -0.3 is 10.2 Å². The fourth-order valence-corrected chi connectivity index (χ4v) is 2.68. The molecule has 0 bridgehead atoms. The SMILES string of the molecule is Cn1c(=O)oc2cc(C(N)c3ccc(Br)c(Cl)c3)ccc21. The number of nitrogens with two attached hydrogens (primary N) is 1. The number of hydrogen-bond donors (Lipinski definition) is 1. The highest BCUT2D eigenvalue weighted by Crippen LogP contribution is 2.29. The third kappa shape index (κ3) is 2.52. The third-order valence-corrected chi connectivity index (χ3v) is 4.71. The molecule has 0 fully saturated rings. The molecule has 3 aromatic rings. The zero-order valence-corrected chi connectivity index (χ0v) is 13.5. The van der Waals surface area contributed by atoms with Crippen LogP contribution in [0.5, 0.6) is 0 Å². The van der Waals surface area contributed by atoms with Gasteiger partial charge in [0.1, 0.15) is 0 Å². The minimum Gasteiger partial charge on any atom is -0.408 e. The standard InChI is InChI=1S/C15H12BrClN2O2/c1-19-12-5-3-9(7-13(12)21-15(19)20)14(18)8-2-4-10(16)11(17)6-8/h2-7,14H,18H2,1H3. The lowest BCUT2D eigenvalue weighted by Crippen LogP contribution is -2.11. The van der Waals surface area contributed by atoms with E-state index in [-0.39, 0.29) is 11.8 Å². The van der Waals surface area contributed by atoms with Gasteiger partial charge in [0.15, 0.2) is 5.58 Å². The molecule has 0 amide bonds. The predicted molar refractivity (Wildman–Crippen MR) is 86.6 cm³/mol. The summed E-state index contributed by atoms with van der Waals surface area (Å²) in [5, 5.41) is 0.607. The van der Waals surface area contributed by atoms with E-state index in [1.165, 1.54) is 4.57 Å². The van der Waals surface area contributed by atoms with Gasteiger partial charge in [-0.1, -0.05) is 23.7 Å². The Morgan fingerprint density at radius 3 is 2.62 bits per heavy atom. The van der Waals surface area contributed by atoms with Gasteiger partial charge in [-0.2, -0.15) is 0 Å². The van der Waals surface area contributed by atoms with E-state index in [4.69, 9.17) is 21.8 Å². The minimum absolute atomic E-state index is 0.342. The minimum atomic E-state index is -0.387. The van der Waals surface area contributed by atoms with Crippen molar-refractivity contribution >= 4 is 38.6 Å². The molecule has 2 N–H and O–H groups in total. The fraction of sp³-hybridized carbons (Fsp3) is 0.133. The summed E-state index contributed by atoms with van der Waals surface area (Å²) in [5.74, 6) is -0.387. The van der Waals surface area contributed by atoms with Crippen LogP contribution in [0.4, 0.5) is 0 Å². The van der Waals surface area contributed by atoms with E-state index in [1.807, 2.05) is 30.3 Å². The van der Waals surface area contributed by atoms with Crippen LogP contribution in [0.25, 0.3) is 11.1 Å². The van der Waals surface area contributed by atoms with Crippen molar-refractivity contribution in [2.75, 3.05) is 0 Å². The highest BCUT2D eigenvalue weighted by molar-refractivity contribution is 9.10. The fourth-order valence-electron chi connectivity index (χ4n) is 2.24. The Bertz CT molecular complexity index is 885. The first-order valence-corrected chi connectivity index (χ1v) is 7.44. The van der Waals surface area contributed by atoms with Gasteiger partial charge in [0.25, 0.3) is 0 Å². The second-order valence-electron chi connectivity index (χ2n) is 4.81. The molecule has 0 aliphatic rings. The van der Waals surface area contributed by atoms with Gasteiger partial charge in [-0.05, 0) is 51.3 Å². The Morgan fingerprint density at radius 1 is 1.24 bits per heavy atom. The monoisotopic (exact) mass is 366 g/mol. The van der Waals surface area contributed by atoms with E-state index in [1.54, 1.807) is 13.1 Å². The molecule has 0 spiro atoms. The van der Waals surface area contributed by atoms with E-state index in [2.05, 4.69) is 15.9 Å². The molecule has 0 saturated carbocycles. The number of benzene rings is 2. The number of fused-ring (bicyclic) bond motifs is 1. The summed E-state index contributed by atoms with van der Waals surface area (Å²) < 4.78 is 7.47. The van der Waals surface area contributed by atoms with Gasteiger partial charge in [-0.25, -0.2) is 4.79 Å². The molecule has 0 aliphatic carbocycles. The quantitative estimate of drug-likeness (QED) is 0.753. The Hall–Kier alpha value is -1.56. The number of aryl methyl sites for hydroxylation is 1. The van der Waals surface area contributed by atoms with Gasteiger partial charge in [0, 0.05) is 11.5 Å². The Morgan fingerprint density at radius 2 is 1.90 bits per heavy atom. The van der Waals surface area contributed by atoms with Crippen molar-refractivity contribution in [2.45, 2.75) is 6.04 Å². The van der Waals surface area contributed by atoms with Crippen LogP contribution in [0.2, 0.25) is 5.02 Å². The molecule has 1 atom stereocenters. The summed E-state index contributed by atoms with van der Waals surface area (Å²) in [6, 6.07) is 10.8. The average Bonchev–Trinajstić information content (AvgIpc) is 2.76. The second-order valence-corrected chi connectivity index (χ2v) is 6.07. The summed E-state index contributed by atoms with van der Waals surface area (Å²) >= 11 is 9.45. The Labute approximate surface area is 134 Å². The van der Waals surface area contributed by atoms with Crippen molar-refractivity contribution in [1.82, 2.24) is 4.57 Å². The maximum absolute atomic E-state index is 11.5. The number of nitrogens with zero attached hydrogens (tertiary/aromatic N) is 1. The molecular weight excluding hydrogens is 356 g/mol. The molecule has 2 aromatic carbocycles. The summed E-state index contributed by atoms with van der Waals surface area (Å²) in [6.45, 7) is 0. The summed E-state index contributed by atoms with van der Waals surface area (Å²) in [5.41, 5.74) is 9.28.